The van der Waals surface area contributed by atoms with Crippen LogP contribution in [0.1, 0.15) is 11.1 Å². The molecular formula is C15H16N2O3S. The Bertz CT molecular complexity index is 731. The number of hydrogen-bond donors (Lipinski definition) is 0. The van der Waals surface area contributed by atoms with Gasteiger partial charge in [0.2, 0.25) is 0 Å². The zero-order chi connectivity index (χ0) is 15.3. The van der Waals surface area contributed by atoms with Crippen LogP contribution in [0, 0.1) is 11.3 Å². The quantitative estimate of drug-likeness (QED) is 0.816. The SMILES string of the molecule is CN(CCS(=O)(=O)c1cccc(C#N)c1)Cc1ccoc1. The topological polar surface area (TPSA) is 74.3 Å². The van der Waals surface area contributed by atoms with Gasteiger partial charge in [-0.1, -0.05) is 6.07 Å². The van der Waals surface area contributed by atoms with E-state index in [-0.39, 0.29) is 10.6 Å². The normalized spacial score (nSPS) is 11.5. The minimum absolute atomic E-state index is 0.0102. The van der Waals surface area contributed by atoms with E-state index in [0.717, 1.165) is 5.56 Å². The molecule has 110 valence electrons. The summed E-state index contributed by atoms with van der Waals surface area (Å²) in [4.78, 5) is 2.11. The van der Waals surface area contributed by atoms with Gasteiger partial charge in [-0.3, -0.25) is 0 Å². The van der Waals surface area contributed by atoms with Gasteiger partial charge in [-0.05, 0) is 31.3 Å². The fourth-order valence-electron chi connectivity index (χ4n) is 1.93. The van der Waals surface area contributed by atoms with Crippen LogP contribution in [0.25, 0.3) is 0 Å². The van der Waals surface area contributed by atoms with E-state index in [9.17, 15) is 8.42 Å². The van der Waals surface area contributed by atoms with Crippen LogP contribution in [0.15, 0.2) is 52.2 Å². The molecule has 5 nitrogen and oxygen atoms in total. The van der Waals surface area contributed by atoms with E-state index in [0.29, 0.717) is 18.7 Å². The fourth-order valence-corrected chi connectivity index (χ4v) is 3.31. The number of hydrogen-bond acceptors (Lipinski definition) is 5. The van der Waals surface area contributed by atoms with Gasteiger partial charge in [-0.15, -0.1) is 0 Å². The van der Waals surface area contributed by atoms with Crippen molar-refractivity contribution in [2.75, 3.05) is 19.3 Å². The Morgan fingerprint density at radius 3 is 2.81 bits per heavy atom. The van der Waals surface area contributed by atoms with Gasteiger partial charge in [0.1, 0.15) is 0 Å². The van der Waals surface area contributed by atoms with Gasteiger partial charge in [0.25, 0.3) is 0 Å². The van der Waals surface area contributed by atoms with Crippen molar-refractivity contribution >= 4 is 9.84 Å². The van der Waals surface area contributed by atoms with E-state index in [1.165, 1.54) is 12.1 Å². The molecule has 0 saturated heterocycles. The second-order valence-corrected chi connectivity index (χ2v) is 6.94. The first-order valence-corrected chi connectivity index (χ1v) is 8.09. The molecule has 6 heteroatoms. The summed E-state index contributed by atoms with van der Waals surface area (Å²) in [6.45, 7) is 1.04. The van der Waals surface area contributed by atoms with Crippen LogP contribution in [0.5, 0.6) is 0 Å². The number of furan rings is 1. The maximum atomic E-state index is 12.3. The van der Waals surface area contributed by atoms with Crippen molar-refractivity contribution in [3.05, 3.63) is 54.0 Å². The molecule has 0 atom stereocenters. The molecule has 0 amide bonds. The Labute approximate surface area is 124 Å². The highest BCUT2D eigenvalue weighted by atomic mass is 32.2. The van der Waals surface area contributed by atoms with Crippen LogP contribution in [0.4, 0.5) is 0 Å². The molecule has 0 aliphatic rings. The average molecular weight is 304 g/mol. The van der Waals surface area contributed by atoms with E-state index >= 15 is 0 Å². The highest BCUT2D eigenvalue weighted by Crippen LogP contribution is 2.13. The molecular weight excluding hydrogens is 288 g/mol. The third kappa shape index (κ3) is 4.18. The maximum absolute atomic E-state index is 12.3. The number of rotatable bonds is 6. The molecule has 1 heterocycles. The van der Waals surface area contributed by atoms with Crippen molar-refractivity contribution in [1.82, 2.24) is 4.90 Å². The van der Waals surface area contributed by atoms with E-state index in [1.807, 2.05) is 24.1 Å². The van der Waals surface area contributed by atoms with E-state index in [1.54, 1.807) is 24.7 Å². The van der Waals surface area contributed by atoms with E-state index < -0.39 is 9.84 Å². The van der Waals surface area contributed by atoms with Crippen LogP contribution in [0.3, 0.4) is 0 Å². The van der Waals surface area contributed by atoms with Crippen molar-refractivity contribution in [1.29, 1.82) is 5.26 Å². The molecule has 2 rings (SSSR count). The summed E-state index contributed by atoms with van der Waals surface area (Å²) in [5.74, 6) is 0.0102. The monoisotopic (exact) mass is 304 g/mol. The number of sulfone groups is 1. The summed E-state index contributed by atoms with van der Waals surface area (Å²) < 4.78 is 29.5. The van der Waals surface area contributed by atoms with Crippen molar-refractivity contribution in [3.63, 3.8) is 0 Å². The van der Waals surface area contributed by atoms with Gasteiger partial charge in [-0.25, -0.2) is 8.42 Å². The molecule has 0 aliphatic heterocycles. The van der Waals surface area contributed by atoms with Gasteiger partial charge in [0.15, 0.2) is 9.84 Å². The molecule has 0 unspecified atom stereocenters. The Morgan fingerprint density at radius 2 is 2.14 bits per heavy atom. The minimum atomic E-state index is -3.38. The van der Waals surface area contributed by atoms with Crippen molar-refractivity contribution in [3.8, 4) is 6.07 Å². The van der Waals surface area contributed by atoms with Crippen molar-refractivity contribution < 1.29 is 12.8 Å². The van der Waals surface area contributed by atoms with Crippen LogP contribution >= 0.6 is 0 Å². The third-order valence-corrected chi connectivity index (χ3v) is 4.79. The van der Waals surface area contributed by atoms with Gasteiger partial charge in [0.05, 0.1) is 34.8 Å². The molecule has 21 heavy (non-hydrogen) atoms. The van der Waals surface area contributed by atoms with Crippen LogP contribution in [0.2, 0.25) is 0 Å². The molecule has 0 saturated carbocycles. The highest BCUT2D eigenvalue weighted by Gasteiger charge is 2.16. The molecule has 1 aromatic carbocycles. The van der Waals surface area contributed by atoms with Crippen LogP contribution < -0.4 is 0 Å². The third-order valence-electron chi connectivity index (χ3n) is 3.10. The zero-order valence-electron chi connectivity index (χ0n) is 11.7. The largest absolute Gasteiger partial charge is 0.472 e. The average Bonchev–Trinajstić information content (AvgIpc) is 2.98. The van der Waals surface area contributed by atoms with Crippen LogP contribution in [-0.4, -0.2) is 32.7 Å². The lowest BCUT2D eigenvalue weighted by Crippen LogP contribution is -2.25. The second kappa shape index (κ2) is 6.57. The predicted octanol–water partition coefficient (Wildman–Crippen LogP) is 2.06. The molecule has 0 N–H and O–H groups in total. The van der Waals surface area contributed by atoms with Crippen LogP contribution in [-0.2, 0) is 16.4 Å². The van der Waals surface area contributed by atoms with E-state index in [4.69, 9.17) is 9.68 Å². The lowest BCUT2D eigenvalue weighted by Gasteiger charge is -2.15. The first-order valence-electron chi connectivity index (χ1n) is 6.44. The van der Waals surface area contributed by atoms with Gasteiger partial charge < -0.3 is 9.32 Å². The Balaban J connectivity index is 1.99. The molecule has 0 bridgehead atoms. The number of nitriles is 1. The van der Waals surface area contributed by atoms with Crippen molar-refractivity contribution in [2.24, 2.45) is 0 Å². The molecule has 1 aromatic heterocycles. The minimum Gasteiger partial charge on any atom is -0.472 e. The molecule has 0 aliphatic carbocycles. The van der Waals surface area contributed by atoms with Gasteiger partial charge >= 0.3 is 0 Å². The Kier molecular flexibility index (Phi) is 4.78. The number of nitrogens with zero attached hydrogens (tertiary/aromatic N) is 2. The first kappa shape index (κ1) is 15.3. The summed E-state index contributed by atoms with van der Waals surface area (Å²) >= 11 is 0. The lowest BCUT2D eigenvalue weighted by atomic mass is 10.2. The maximum Gasteiger partial charge on any atom is 0.179 e. The number of benzene rings is 1. The summed E-state index contributed by atoms with van der Waals surface area (Å²) in [7, 11) is -1.53. The lowest BCUT2D eigenvalue weighted by molar-refractivity contribution is 0.344. The molecule has 2 aromatic rings. The molecule has 0 spiro atoms. The zero-order valence-corrected chi connectivity index (χ0v) is 12.5. The molecule has 0 radical (unpaired) electrons. The smallest absolute Gasteiger partial charge is 0.179 e. The van der Waals surface area contributed by atoms with Gasteiger partial charge in [0, 0.05) is 18.7 Å². The summed E-state index contributed by atoms with van der Waals surface area (Å²) in [6.07, 6.45) is 3.23. The summed E-state index contributed by atoms with van der Waals surface area (Å²) in [5.41, 5.74) is 1.35. The Hall–Kier alpha value is -2.10. The standard InChI is InChI=1S/C15H16N2O3S/c1-17(11-14-5-7-20-12-14)6-8-21(18,19)15-4-2-3-13(9-15)10-16/h2-5,7,9,12H,6,8,11H2,1H3. The van der Waals surface area contributed by atoms with Crippen molar-refractivity contribution in [2.45, 2.75) is 11.4 Å². The summed E-state index contributed by atoms with van der Waals surface area (Å²) in [6, 6.07) is 9.90. The molecule has 0 fully saturated rings. The van der Waals surface area contributed by atoms with Gasteiger partial charge in [-0.2, -0.15) is 5.26 Å². The Morgan fingerprint density at radius 1 is 1.33 bits per heavy atom. The predicted molar refractivity (Wildman–Crippen MR) is 78.3 cm³/mol. The van der Waals surface area contributed by atoms with E-state index in [2.05, 4.69) is 0 Å². The fraction of sp³-hybridized carbons (Fsp3) is 0.267. The highest BCUT2D eigenvalue weighted by molar-refractivity contribution is 7.91. The first-order chi connectivity index (χ1) is 10.0. The summed E-state index contributed by atoms with van der Waals surface area (Å²) in [5, 5.41) is 8.83. The second-order valence-electron chi connectivity index (χ2n) is 4.83.